The van der Waals surface area contributed by atoms with E-state index in [1.165, 1.54) is 0 Å². The van der Waals surface area contributed by atoms with E-state index in [1.807, 2.05) is 0 Å². The lowest BCUT2D eigenvalue weighted by atomic mass is 9.90. The molecule has 2 heterocycles. The summed E-state index contributed by atoms with van der Waals surface area (Å²) in [7, 11) is 0. The molecule has 0 bridgehead atoms. The normalized spacial score (nSPS) is 33.0. The Hall–Kier alpha value is -0.120. The molecule has 1 atom stereocenters. The molecule has 0 aromatic rings. The van der Waals surface area contributed by atoms with E-state index in [1.54, 1.807) is 0 Å². The van der Waals surface area contributed by atoms with Crippen LogP contribution in [0.25, 0.3) is 0 Å². The molecule has 0 aliphatic carbocycles. The lowest BCUT2D eigenvalue weighted by Crippen LogP contribution is -2.43. The largest absolute Gasteiger partial charge is 0.380 e. The molecule has 0 aromatic carbocycles. The van der Waals surface area contributed by atoms with Crippen LogP contribution in [0.15, 0.2) is 0 Å². The van der Waals surface area contributed by atoms with Gasteiger partial charge in [0.1, 0.15) is 6.10 Å². The Bertz CT molecular complexity index is 138. The fourth-order valence-corrected chi connectivity index (χ4v) is 1.13. The van der Waals surface area contributed by atoms with E-state index in [9.17, 15) is 0 Å². The highest BCUT2D eigenvalue weighted by atomic mass is 16.6. The molecular formula is C8H14O3. The van der Waals surface area contributed by atoms with Crippen LogP contribution in [0.1, 0.15) is 6.92 Å². The smallest absolute Gasteiger partial charge is 0.104 e. The third-order valence-electron chi connectivity index (χ3n) is 2.06. The first kappa shape index (κ1) is 7.53. The van der Waals surface area contributed by atoms with Crippen molar-refractivity contribution < 1.29 is 14.2 Å². The second kappa shape index (κ2) is 2.73. The van der Waals surface area contributed by atoms with E-state index in [0.29, 0.717) is 6.10 Å². The summed E-state index contributed by atoms with van der Waals surface area (Å²) in [6.07, 6.45) is 0.389. The Balaban J connectivity index is 1.57. The molecule has 2 aliphatic rings. The molecule has 2 saturated heterocycles. The van der Waals surface area contributed by atoms with Crippen molar-refractivity contribution in [2.24, 2.45) is 5.41 Å². The number of rotatable bonds is 4. The minimum atomic E-state index is 0.287. The predicted octanol–water partition coefficient (Wildman–Crippen LogP) is 0.438. The van der Waals surface area contributed by atoms with Crippen LogP contribution in [0.4, 0.5) is 0 Å². The van der Waals surface area contributed by atoms with Gasteiger partial charge in [0.05, 0.1) is 33.0 Å². The highest BCUT2D eigenvalue weighted by Gasteiger charge is 2.34. The fourth-order valence-electron chi connectivity index (χ4n) is 1.13. The summed E-state index contributed by atoms with van der Waals surface area (Å²) in [6.45, 7) is 6.33. The first-order valence-corrected chi connectivity index (χ1v) is 4.06. The molecule has 0 aromatic heterocycles. The lowest BCUT2D eigenvalue weighted by molar-refractivity contribution is -0.138. The molecule has 2 aliphatic heterocycles. The summed E-state index contributed by atoms with van der Waals surface area (Å²) in [5, 5.41) is 0. The highest BCUT2D eigenvalue weighted by molar-refractivity contribution is 4.80. The molecule has 3 nitrogen and oxygen atoms in total. The van der Waals surface area contributed by atoms with E-state index in [0.717, 1.165) is 33.0 Å². The summed E-state index contributed by atoms with van der Waals surface area (Å²) in [5.74, 6) is 0. The van der Waals surface area contributed by atoms with Gasteiger partial charge in [-0.2, -0.15) is 0 Å². The minimum Gasteiger partial charge on any atom is -0.380 e. The number of epoxide rings is 1. The second-order valence-electron chi connectivity index (χ2n) is 3.77. The molecule has 0 unspecified atom stereocenters. The van der Waals surface area contributed by atoms with Gasteiger partial charge in [0.2, 0.25) is 0 Å². The highest BCUT2D eigenvalue weighted by Crippen LogP contribution is 2.26. The standard InChI is InChI=1S/C8H14O3/c1-8(5-10-6-8)4-9-2-7-3-11-7/h7H,2-6H2,1H3/t7-/m0/s1. The lowest BCUT2D eigenvalue weighted by Gasteiger charge is -2.37. The number of ether oxygens (including phenoxy) is 3. The molecule has 2 rings (SSSR count). The zero-order chi connectivity index (χ0) is 7.73. The van der Waals surface area contributed by atoms with E-state index in [4.69, 9.17) is 14.2 Å². The Morgan fingerprint density at radius 3 is 2.73 bits per heavy atom. The predicted molar refractivity (Wildman–Crippen MR) is 39.5 cm³/mol. The summed E-state index contributed by atoms with van der Waals surface area (Å²) < 4.78 is 15.6. The van der Waals surface area contributed by atoms with E-state index >= 15 is 0 Å². The Morgan fingerprint density at radius 1 is 1.55 bits per heavy atom. The molecule has 2 fully saturated rings. The number of hydrogen-bond donors (Lipinski definition) is 0. The summed E-state index contributed by atoms with van der Waals surface area (Å²) in [6, 6.07) is 0. The van der Waals surface area contributed by atoms with Crippen molar-refractivity contribution in [3.8, 4) is 0 Å². The Labute approximate surface area is 66.6 Å². The van der Waals surface area contributed by atoms with Crippen LogP contribution in [0, 0.1) is 5.41 Å². The Morgan fingerprint density at radius 2 is 2.27 bits per heavy atom. The molecular weight excluding hydrogens is 144 g/mol. The minimum absolute atomic E-state index is 0.287. The van der Waals surface area contributed by atoms with Crippen molar-refractivity contribution in [1.82, 2.24) is 0 Å². The van der Waals surface area contributed by atoms with Gasteiger partial charge >= 0.3 is 0 Å². The summed E-state index contributed by atoms with van der Waals surface area (Å²) in [4.78, 5) is 0. The maximum absolute atomic E-state index is 5.46. The second-order valence-corrected chi connectivity index (χ2v) is 3.77. The van der Waals surface area contributed by atoms with Gasteiger partial charge < -0.3 is 14.2 Å². The van der Waals surface area contributed by atoms with Crippen molar-refractivity contribution in [2.75, 3.05) is 33.0 Å². The van der Waals surface area contributed by atoms with Crippen molar-refractivity contribution in [3.63, 3.8) is 0 Å². The van der Waals surface area contributed by atoms with Crippen LogP contribution in [-0.4, -0.2) is 39.1 Å². The van der Waals surface area contributed by atoms with Gasteiger partial charge in [-0.25, -0.2) is 0 Å². The van der Waals surface area contributed by atoms with Gasteiger partial charge in [-0.3, -0.25) is 0 Å². The SMILES string of the molecule is CC1(COC[C@H]2CO2)COC1. The monoisotopic (exact) mass is 158 g/mol. The van der Waals surface area contributed by atoms with Crippen LogP contribution >= 0.6 is 0 Å². The number of hydrogen-bond acceptors (Lipinski definition) is 3. The van der Waals surface area contributed by atoms with Crippen LogP contribution in [0.2, 0.25) is 0 Å². The van der Waals surface area contributed by atoms with Gasteiger partial charge in [0, 0.05) is 5.41 Å². The van der Waals surface area contributed by atoms with E-state index in [2.05, 4.69) is 6.92 Å². The first-order valence-electron chi connectivity index (χ1n) is 4.06. The van der Waals surface area contributed by atoms with E-state index < -0.39 is 0 Å². The average Bonchev–Trinajstić information content (AvgIpc) is 2.68. The van der Waals surface area contributed by atoms with Gasteiger partial charge in [0.25, 0.3) is 0 Å². The third kappa shape index (κ3) is 1.92. The maximum Gasteiger partial charge on any atom is 0.104 e. The average molecular weight is 158 g/mol. The van der Waals surface area contributed by atoms with Gasteiger partial charge in [-0.15, -0.1) is 0 Å². The Kier molecular flexibility index (Phi) is 1.87. The zero-order valence-corrected chi connectivity index (χ0v) is 6.84. The molecule has 0 N–H and O–H groups in total. The van der Waals surface area contributed by atoms with Crippen molar-refractivity contribution in [2.45, 2.75) is 13.0 Å². The van der Waals surface area contributed by atoms with Crippen molar-refractivity contribution in [1.29, 1.82) is 0 Å². The molecule has 64 valence electrons. The van der Waals surface area contributed by atoms with Crippen molar-refractivity contribution in [3.05, 3.63) is 0 Å². The topological polar surface area (TPSA) is 31.0 Å². The molecule has 0 spiro atoms. The van der Waals surface area contributed by atoms with Gasteiger partial charge in [-0.05, 0) is 0 Å². The third-order valence-corrected chi connectivity index (χ3v) is 2.06. The molecule has 0 radical (unpaired) electrons. The van der Waals surface area contributed by atoms with E-state index in [-0.39, 0.29) is 5.41 Å². The maximum atomic E-state index is 5.46. The molecule has 11 heavy (non-hydrogen) atoms. The van der Waals surface area contributed by atoms with Crippen LogP contribution < -0.4 is 0 Å². The van der Waals surface area contributed by atoms with Gasteiger partial charge in [-0.1, -0.05) is 6.92 Å². The first-order chi connectivity index (χ1) is 5.29. The molecule has 0 saturated carbocycles. The van der Waals surface area contributed by atoms with Crippen molar-refractivity contribution >= 4 is 0 Å². The van der Waals surface area contributed by atoms with Gasteiger partial charge in [0.15, 0.2) is 0 Å². The van der Waals surface area contributed by atoms with Crippen LogP contribution in [-0.2, 0) is 14.2 Å². The quantitative estimate of drug-likeness (QED) is 0.556. The van der Waals surface area contributed by atoms with Crippen LogP contribution in [0.3, 0.4) is 0 Å². The molecule has 3 heteroatoms. The summed E-state index contributed by atoms with van der Waals surface area (Å²) in [5.41, 5.74) is 0.287. The summed E-state index contributed by atoms with van der Waals surface area (Å²) >= 11 is 0. The molecule has 0 amide bonds. The van der Waals surface area contributed by atoms with Crippen LogP contribution in [0.5, 0.6) is 0 Å². The fraction of sp³-hybridized carbons (Fsp3) is 1.00. The zero-order valence-electron chi connectivity index (χ0n) is 6.84.